The fourth-order valence-electron chi connectivity index (χ4n) is 2.96. The summed E-state index contributed by atoms with van der Waals surface area (Å²) in [6.45, 7) is 0. The summed E-state index contributed by atoms with van der Waals surface area (Å²) < 4.78 is 4.70. The maximum absolute atomic E-state index is 12.4. The van der Waals surface area contributed by atoms with E-state index in [1.807, 2.05) is 6.07 Å². The number of carbonyl (C=O) groups excluding carboxylic acids is 3. The lowest BCUT2D eigenvalue weighted by molar-refractivity contribution is -0.129. The molecule has 0 aliphatic carbocycles. The number of carbonyl (C=O) groups is 3. The quantitative estimate of drug-likeness (QED) is 0.525. The highest BCUT2D eigenvalue weighted by Crippen LogP contribution is 2.24. The molecule has 4 N–H and O–H groups in total. The van der Waals surface area contributed by atoms with Crippen molar-refractivity contribution in [2.24, 2.45) is 0 Å². The molecule has 29 heavy (non-hydrogen) atoms. The van der Waals surface area contributed by atoms with Gasteiger partial charge in [0.15, 0.2) is 0 Å². The SMILES string of the molecule is COC(=O)c1ccccc1NC(=O)CSC1NC(=O)C(c2ccccc2)C(O)N1. The molecule has 0 bridgehead atoms. The first-order chi connectivity index (χ1) is 14.0. The average Bonchev–Trinajstić information content (AvgIpc) is 2.72. The second kappa shape index (κ2) is 9.55. The van der Waals surface area contributed by atoms with Crippen LogP contribution in [-0.2, 0) is 14.3 Å². The van der Waals surface area contributed by atoms with Crippen LogP contribution in [0.2, 0.25) is 0 Å². The minimum absolute atomic E-state index is 0.00379. The number of aliphatic hydroxyl groups is 1. The third-order valence-corrected chi connectivity index (χ3v) is 5.36. The largest absolute Gasteiger partial charge is 0.465 e. The number of ether oxygens (including phenoxy) is 1. The highest BCUT2D eigenvalue weighted by molar-refractivity contribution is 8.00. The Morgan fingerprint density at radius 3 is 2.52 bits per heavy atom. The molecule has 2 aromatic rings. The van der Waals surface area contributed by atoms with Gasteiger partial charge in [-0.1, -0.05) is 42.5 Å². The average molecular weight is 415 g/mol. The lowest BCUT2D eigenvalue weighted by Gasteiger charge is -2.34. The summed E-state index contributed by atoms with van der Waals surface area (Å²) in [7, 11) is 1.27. The van der Waals surface area contributed by atoms with E-state index in [0.717, 1.165) is 11.8 Å². The van der Waals surface area contributed by atoms with Gasteiger partial charge < -0.3 is 20.5 Å². The number of methoxy groups -OCH3 is 1. The van der Waals surface area contributed by atoms with Crippen LogP contribution in [0.5, 0.6) is 0 Å². The van der Waals surface area contributed by atoms with E-state index in [-0.39, 0.29) is 23.1 Å². The van der Waals surface area contributed by atoms with E-state index in [2.05, 4.69) is 16.0 Å². The van der Waals surface area contributed by atoms with Crippen LogP contribution < -0.4 is 16.0 Å². The molecule has 3 rings (SSSR count). The van der Waals surface area contributed by atoms with Crippen LogP contribution >= 0.6 is 11.8 Å². The maximum Gasteiger partial charge on any atom is 0.339 e. The number of rotatable bonds is 6. The Balaban J connectivity index is 1.56. The number of hydrogen-bond donors (Lipinski definition) is 4. The Morgan fingerprint density at radius 1 is 1.14 bits per heavy atom. The first-order valence-corrected chi connectivity index (χ1v) is 9.92. The second-order valence-corrected chi connectivity index (χ2v) is 7.38. The summed E-state index contributed by atoms with van der Waals surface area (Å²) in [4.78, 5) is 36.5. The molecule has 1 saturated heterocycles. The number of hydrogen-bond acceptors (Lipinski definition) is 7. The van der Waals surface area contributed by atoms with Gasteiger partial charge in [0, 0.05) is 0 Å². The normalized spacial score (nSPS) is 21.2. The number of esters is 1. The number of thioether (sulfide) groups is 1. The lowest BCUT2D eigenvalue weighted by atomic mass is 9.95. The summed E-state index contributed by atoms with van der Waals surface area (Å²) >= 11 is 1.12. The summed E-state index contributed by atoms with van der Waals surface area (Å²) in [5, 5.41) is 18.6. The molecule has 0 saturated carbocycles. The Labute approximate surface area is 172 Å². The van der Waals surface area contributed by atoms with Crippen LogP contribution in [-0.4, -0.2) is 47.5 Å². The summed E-state index contributed by atoms with van der Waals surface area (Å²) in [5.41, 5.74) is 0.665. The van der Waals surface area contributed by atoms with Crippen molar-refractivity contribution >= 4 is 35.2 Å². The summed E-state index contributed by atoms with van der Waals surface area (Å²) in [6, 6.07) is 15.5. The van der Waals surface area contributed by atoms with Gasteiger partial charge in [0.1, 0.15) is 17.6 Å². The van der Waals surface area contributed by atoms with Crippen LogP contribution in [0.1, 0.15) is 21.8 Å². The van der Waals surface area contributed by atoms with Gasteiger partial charge in [-0.05, 0) is 17.7 Å². The molecule has 0 aromatic heterocycles. The molecule has 2 amide bonds. The zero-order valence-corrected chi connectivity index (χ0v) is 16.4. The zero-order valence-electron chi connectivity index (χ0n) is 15.6. The molecule has 152 valence electrons. The molecule has 1 aliphatic rings. The first kappa shape index (κ1) is 20.8. The van der Waals surface area contributed by atoms with Crippen molar-refractivity contribution in [1.29, 1.82) is 0 Å². The van der Waals surface area contributed by atoms with Gasteiger partial charge in [-0.2, -0.15) is 0 Å². The van der Waals surface area contributed by atoms with Gasteiger partial charge >= 0.3 is 5.97 Å². The Kier molecular flexibility index (Phi) is 6.86. The van der Waals surface area contributed by atoms with E-state index < -0.39 is 23.6 Å². The fourth-order valence-corrected chi connectivity index (χ4v) is 3.79. The van der Waals surface area contributed by atoms with Crippen molar-refractivity contribution in [3.05, 3.63) is 65.7 Å². The van der Waals surface area contributed by atoms with Crippen molar-refractivity contribution in [2.45, 2.75) is 17.6 Å². The van der Waals surface area contributed by atoms with Crippen LogP contribution in [0.4, 0.5) is 5.69 Å². The molecular weight excluding hydrogens is 394 g/mol. The topological polar surface area (TPSA) is 117 Å². The fraction of sp³-hybridized carbons (Fsp3) is 0.250. The summed E-state index contributed by atoms with van der Waals surface area (Å²) in [6.07, 6.45) is -1.08. The highest BCUT2D eigenvalue weighted by atomic mass is 32.2. The monoisotopic (exact) mass is 415 g/mol. The zero-order chi connectivity index (χ0) is 20.8. The Hall–Kier alpha value is -2.88. The van der Waals surface area contributed by atoms with Gasteiger partial charge in [-0.25, -0.2) is 4.79 Å². The van der Waals surface area contributed by atoms with Crippen LogP contribution in [0.3, 0.4) is 0 Å². The van der Waals surface area contributed by atoms with Gasteiger partial charge in [0.05, 0.1) is 24.1 Å². The number of para-hydroxylation sites is 1. The molecule has 8 nitrogen and oxygen atoms in total. The number of nitrogens with one attached hydrogen (secondary N) is 3. The van der Waals surface area contributed by atoms with Crippen LogP contribution in [0, 0.1) is 0 Å². The molecule has 2 aromatic carbocycles. The van der Waals surface area contributed by atoms with E-state index in [4.69, 9.17) is 4.74 Å². The molecule has 0 spiro atoms. The van der Waals surface area contributed by atoms with Crippen LogP contribution in [0.25, 0.3) is 0 Å². The number of benzene rings is 2. The van der Waals surface area contributed by atoms with Gasteiger partial charge in [0.25, 0.3) is 0 Å². The van der Waals surface area contributed by atoms with E-state index >= 15 is 0 Å². The Bertz CT molecular complexity index is 893. The molecule has 3 unspecified atom stereocenters. The molecule has 9 heteroatoms. The van der Waals surface area contributed by atoms with E-state index in [1.54, 1.807) is 48.5 Å². The molecule has 1 heterocycles. The minimum atomic E-state index is -1.08. The summed E-state index contributed by atoms with van der Waals surface area (Å²) in [5.74, 6) is -1.96. The first-order valence-electron chi connectivity index (χ1n) is 8.88. The van der Waals surface area contributed by atoms with Gasteiger partial charge in [0.2, 0.25) is 11.8 Å². The number of amides is 2. The molecule has 1 aliphatic heterocycles. The van der Waals surface area contributed by atoms with Crippen molar-refractivity contribution in [3.63, 3.8) is 0 Å². The maximum atomic E-state index is 12.4. The number of anilines is 1. The van der Waals surface area contributed by atoms with E-state index in [9.17, 15) is 19.5 Å². The number of aliphatic hydroxyl groups excluding tert-OH is 1. The predicted octanol–water partition coefficient (Wildman–Crippen LogP) is 1.25. The van der Waals surface area contributed by atoms with E-state index in [1.165, 1.54) is 7.11 Å². The van der Waals surface area contributed by atoms with E-state index in [0.29, 0.717) is 11.3 Å². The minimum Gasteiger partial charge on any atom is -0.465 e. The molecular formula is C20H21N3O5S. The van der Waals surface area contributed by atoms with Crippen molar-refractivity contribution in [1.82, 2.24) is 10.6 Å². The highest BCUT2D eigenvalue weighted by Gasteiger charge is 2.36. The predicted molar refractivity (Wildman–Crippen MR) is 109 cm³/mol. The van der Waals surface area contributed by atoms with Crippen molar-refractivity contribution in [3.8, 4) is 0 Å². The molecule has 1 fully saturated rings. The Morgan fingerprint density at radius 2 is 1.83 bits per heavy atom. The standard InChI is InChI=1S/C20H21N3O5S/c1-28-19(27)13-9-5-6-10-14(13)21-15(24)11-29-20-22-17(25)16(18(26)23-20)12-7-3-2-4-8-12/h2-10,16-17,20,22,25H,11H2,1H3,(H,21,24)(H,23,26). The molecule has 3 atom stereocenters. The van der Waals surface area contributed by atoms with Gasteiger partial charge in [-0.15, -0.1) is 11.8 Å². The molecule has 0 radical (unpaired) electrons. The lowest BCUT2D eigenvalue weighted by Crippen LogP contribution is -2.59. The van der Waals surface area contributed by atoms with Gasteiger partial charge in [-0.3, -0.25) is 14.9 Å². The third-order valence-electron chi connectivity index (χ3n) is 4.34. The smallest absolute Gasteiger partial charge is 0.339 e. The third kappa shape index (κ3) is 5.14. The second-order valence-electron chi connectivity index (χ2n) is 6.28. The van der Waals surface area contributed by atoms with Crippen LogP contribution in [0.15, 0.2) is 54.6 Å². The van der Waals surface area contributed by atoms with Crippen molar-refractivity contribution in [2.75, 3.05) is 18.2 Å². The van der Waals surface area contributed by atoms with Crippen molar-refractivity contribution < 1.29 is 24.2 Å².